The predicted octanol–water partition coefficient (Wildman–Crippen LogP) is 1.96. The van der Waals surface area contributed by atoms with Gasteiger partial charge < -0.3 is 9.64 Å². The highest BCUT2D eigenvalue weighted by molar-refractivity contribution is 5.81. The second-order valence-corrected chi connectivity index (χ2v) is 4.08. The fourth-order valence-electron chi connectivity index (χ4n) is 2.03. The van der Waals surface area contributed by atoms with Gasteiger partial charge in [-0.15, -0.1) is 0 Å². The molecule has 0 N–H and O–H groups in total. The summed E-state index contributed by atoms with van der Waals surface area (Å²) in [5, 5.41) is 0. The molecule has 0 spiro atoms. The Labute approximate surface area is 92.5 Å². The first-order chi connectivity index (χ1) is 7.36. The average Bonchev–Trinajstić information content (AvgIpc) is 2.26. The Bertz CT molecular complexity index is 247. The lowest BCUT2D eigenvalue weighted by Crippen LogP contribution is -2.46. The van der Waals surface area contributed by atoms with Gasteiger partial charge in [0, 0.05) is 20.2 Å². The van der Waals surface area contributed by atoms with Crippen LogP contribution >= 0.6 is 0 Å². The summed E-state index contributed by atoms with van der Waals surface area (Å²) in [6.07, 6.45) is -2.11. The molecular formula is C10H16F3NO2. The van der Waals surface area contributed by atoms with Crippen molar-refractivity contribution >= 4 is 5.91 Å². The monoisotopic (exact) mass is 239 g/mol. The number of alkyl halides is 3. The number of methoxy groups -OCH3 is 1. The molecule has 1 aliphatic rings. The third kappa shape index (κ3) is 3.10. The molecular weight excluding hydrogens is 223 g/mol. The molecule has 0 aromatic rings. The fourth-order valence-corrected chi connectivity index (χ4v) is 2.03. The van der Waals surface area contributed by atoms with Crippen LogP contribution in [0.25, 0.3) is 0 Å². The van der Waals surface area contributed by atoms with Gasteiger partial charge in [-0.25, -0.2) is 0 Å². The number of hydrogen-bond donors (Lipinski definition) is 0. The van der Waals surface area contributed by atoms with E-state index in [2.05, 4.69) is 0 Å². The van der Waals surface area contributed by atoms with E-state index in [1.54, 1.807) is 7.11 Å². The topological polar surface area (TPSA) is 29.5 Å². The summed E-state index contributed by atoms with van der Waals surface area (Å²) in [7, 11) is 2.81. The molecule has 0 unspecified atom stereocenters. The molecule has 3 nitrogen and oxygen atoms in total. The van der Waals surface area contributed by atoms with Crippen LogP contribution in [0.4, 0.5) is 13.2 Å². The third-order valence-corrected chi connectivity index (χ3v) is 3.09. The summed E-state index contributed by atoms with van der Waals surface area (Å²) in [6.45, 7) is 0. The first kappa shape index (κ1) is 13.3. The van der Waals surface area contributed by atoms with Crippen LogP contribution in [0.5, 0.6) is 0 Å². The zero-order valence-electron chi connectivity index (χ0n) is 9.38. The minimum atomic E-state index is -4.77. The van der Waals surface area contributed by atoms with Gasteiger partial charge in [0.15, 0.2) is 0 Å². The van der Waals surface area contributed by atoms with Gasteiger partial charge in [0.2, 0.25) is 0 Å². The van der Waals surface area contributed by atoms with E-state index in [-0.39, 0.29) is 12.1 Å². The summed E-state index contributed by atoms with van der Waals surface area (Å²) >= 11 is 0. The lowest BCUT2D eigenvalue weighted by Gasteiger charge is -2.34. The summed E-state index contributed by atoms with van der Waals surface area (Å²) in [6, 6.07) is -0.319. The van der Waals surface area contributed by atoms with Crippen LogP contribution in [-0.2, 0) is 9.53 Å². The van der Waals surface area contributed by atoms with E-state index in [9.17, 15) is 18.0 Å². The van der Waals surface area contributed by atoms with Crippen LogP contribution in [0.2, 0.25) is 0 Å². The molecule has 0 radical (unpaired) electrons. The Balaban J connectivity index is 2.50. The van der Waals surface area contributed by atoms with Crippen LogP contribution in [0.15, 0.2) is 0 Å². The van der Waals surface area contributed by atoms with E-state index < -0.39 is 12.1 Å². The molecule has 0 heterocycles. The summed E-state index contributed by atoms with van der Waals surface area (Å²) < 4.78 is 41.7. The van der Waals surface area contributed by atoms with Crippen molar-refractivity contribution in [3.8, 4) is 0 Å². The number of carbonyl (C=O) groups excluding carboxylic acids is 1. The SMILES string of the molecule is CO[C@H]1CC[C@H](N(C)C(=O)C(F)(F)F)CC1. The maximum Gasteiger partial charge on any atom is 0.471 e. The molecule has 6 heteroatoms. The Morgan fingerprint density at radius 1 is 1.25 bits per heavy atom. The van der Waals surface area contributed by atoms with Gasteiger partial charge in [-0.2, -0.15) is 13.2 Å². The van der Waals surface area contributed by atoms with E-state index >= 15 is 0 Å². The van der Waals surface area contributed by atoms with Crippen LogP contribution in [0.3, 0.4) is 0 Å². The Hall–Kier alpha value is -0.780. The maximum absolute atomic E-state index is 12.2. The van der Waals surface area contributed by atoms with Crippen molar-refractivity contribution in [3.05, 3.63) is 0 Å². The standard InChI is InChI=1S/C10H16F3NO2/c1-14(9(15)10(11,12)13)7-3-5-8(16-2)6-4-7/h7-8H,3-6H2,1-2H3/t7-,8-. The van der Waals surface area contributed by atoms with E-state index in [0.717, 1.165) is 4.90 Å². The Morgan fingerprint density at radius 2 is 1.75 bits per heavy atom. The van der Waals surface area contributed by atoms with Gasteiger partial charge in [-0.05, 0) is 25.7 Å². The zero-order chi connectivity index (χ0) is 12.3. The fraction of sp³-hybridized carbons (Fsp3) is 0.900. The van der Waals surface area contributed by atoms with Gasteiger partial charge in [0.25, 0.3) is 0 Å². The molecule has 1 rings (SSSR count). The predicted molar refractivity (Wildman–Crippen MR) is 51.9 cm³/mol. The largest absolute Gasteiger partial charge is 0.471 e. The van der Waals surface area contributed by atoms with Crippen molar-refractivity contribution in [2.75, 3.05) is 14.2 Å². The number of rotatable bonds is 2. The number of ether oxygens (including phenoxy) is 1. The lowest BCUT2D eigenvalue weighted by atomic mass is 9.92. The van der Waals surface area contributed by atoms with Crippen LogP contribution in [0.1, 0.15) is 25.7 Å². The van der Waals surface area contributed by atoms with Gasteiger partial charge >= 0.3 is 12.1 Å². The molecule has 1 aliphatic carbocycles. The third-order valence-electron chi connectivity index (χ3n) is 3.09. The Kier molecular flexibility index (Phi) is 4.18. The normalized spacial score (nSPS) is 26.6. The van der Waals surface area contributed by atoms with E-state index in [1.807, 2.05) is 0 Å². The first-order valence-electron chi connectivity index (χ1n) is 5.23. The van der Waals surface area contributed by atoms with Crippen LogP contribution in [0, 0.1) is 0 Å². The highest BCUT2D eigenvalue weighted by Crippen LogP contribution is 2.27. The minimum absolute atomic E-state index is 0.116. The molecule has 16 heavy (non-hydrogen) atoms. The smallest absolute Gasteiger partial charge is 0.381 e. The maximum atomic E-state index is 12.2. The summed E-state index contributed by atoms with van der Waals surface area (Å²) in [5.41, 5.74) is 0. The van der Waals surface area contributed by atoms with E-state index in [0.29, 0.717) is 25.7 Å². The second-order valence-electron chi connectivity index (χ2n) is 4.08. The van der Waals surface area contributed by atoms with Crippen molar-refractivity contribution in [3.63, 3.8) is 0 Å². The molecule has 1 amide bonds. The first-order valence-corrected chi connectivity index (χ1v) is 5.23. The molecule has 0 bridgehead atoms. The molecule has 0 saturated heterocycles. The number of hydrogen-bond acceptors (Lipinski definition) is 2. The number of amides is 1. The Morgan fingerprint density at radius 3 is 2.12 bits per heavy atom. The summed E-state index contributed by atoms with van der Waals surface area (Å²) in [5.74, 6) is -1.76. The van der Waals surface area contributed by atoms with Gasteiger partial charge in [0.1, 0.15) is 0 Å². The zero-order valence-corrected chi connectivity index (χ0v) is 9.38. The molecule has 94 valence electrons. The van der Waals surface area contributed by atoms with Crippen LogP contribution < -0.4 is 0 Å². The highest BCUT2D eigenvalue weighted by atomic mass is 19.4. The highest BCUT2D eigenvalue weighted by Gasteiger charge is 2.43. The molecule has 1 fully saturated rings. The van der Waals surface area contributed by atoms with E-state index in [4.69, 9.17) is 4.74 Å². The molecule has 0 atom stereocenters. The van der Waals surface area contributed by atoms with Crippen LogP contribution in [-0.4, -0.2) is 43.3 Å². The average molecular weight is 239 g/mol. The van der Waals surface area contributed by atoms with Gasteiger partial charge in [-0.3, -0.25) is 4.79 Å². The lowest BCUT2D eigenvalue weighted by molar-refractivity contribution is -0.187. The van der Waals surface area contributed by atoms with Crippen molar-refractivity contribution in [1.82, 2.24) is 4.90 Å². The van der Waals surface area contributed by atoms with Gasteiger partial charge in [-0.1, -0.05) is 0 Å². The van der Waals surface area contributed by atoms with Crippen molar-refractivity contribution in [2.45, 2.75) is 44.0 Å². The second kappa shape index (κ2) is 5.03. The molecule has 0 aliphatic heterocycles. The number of nitrogens with zero attached hydrogens (tertiary/aromatic N) is 1. The molecule has 0 aromatic heterocycles. The summed E-state index contributed by atoms with van der Waals surface area (Å²) in [4.78, 5) is 11.8. The number of halogens is 3. The van der Waals surface area contributed by atoms with Crippen molar-refractivity contribution in [1.29, 1.82) is 0 Å². The number of carbonyl (C=O) groups is 1. The minimum Gasteiger partial charge on any atom is -0.381 e. The van der Waals surface area contributed by atoms with Crippen molar-refractivity contribution in [2.24, 2.45) is 0 Å². The molecule has 1 saturated carbocycles. The van der Waals surface area contributed by atoms with E-state index in [1.165, 1.54) is 7.05 Å². The molecule has 0 aromatic carbocycles. The quantitative estimate of drug-likeness (QED) is 0.737. The van der Waals surface area contributed by atoms with Crippen molar-refractivity contribution < 1.29 is 22.7 Å². The van der Waals surface area contributed by atoms with Gasteiger partial charge in [0.05, 0.1) is 6.10 Å².